The summed E-state index contributed by atoms with van der Waals surface area (Å²) in [4.78, 5) is 25.5. The van der Waals surface area contributed by atoms with Gasteiger partial charge in [-0.3, -0.25) is 9.59 Å². The van der Waals surface area contributed by atoms with E-state index < -0.39 is 35.8 Å². The van der Waals surface area contributed by atoms with Gasteiger partial charge in [-0.1, -0.05) is 37.8 Å². The number of nitrogens with zero attached hydrogens (tertiary/aromatic N) is 1. The van der Waals surface area contributed by atoms with Gasteiger partial charge in [0.1, 0.15) is 5.92 Å². The van der Waals surface area contributed by atoms with Crippen LogP contribution in [0.15, 0.2) is 35.2 Å². The van der Waals surface area contributed by atoms with Crippen LogP contribution in [0, 0.1) is 40.9 Å². The lowest BCUT2D eigenvalue weighted by atomic mass is 9.87. The molecule has 0 aromatic heterocycles. The van der Waals surface area contributed by atoms with Gasteiger partial charge in [0.2, 0.25) is 0 Å². The van der Waals surface area contributed by atoms with E-state index in [4.69, 9.17) is 9.47 Å². The normalized spacial score (nSPS) is 13.0. The lowest BCUT2D eigenvalue weighted by Gasteiger charge is -2.35. The Hall–Kier alpha value is -2.18. The Bertz CT molecular complexity index is 858. The quantitative estimate of drug-likeness (QED) is 0.377. The number of esters is 2. The summed E-state index contributed by atoms with van der Waals surface area (Å²) in [5, 5.41) is 9.20. The first kappa shape index (κ1) is 25.9. The topological polar surface area (TPSA) is 111 Å². The van der Waals surface area contributed by atoms with Crippen molar-refractivity contribution in [1.82, 2.24) is 0 Å². The highest BCUT2D eigenvalue weighted by Gasteiger charge is 2.49. The lowest BCUT2D eigenvalue weighted by Crippen LogP contribution is -2.46. The van der Waals surface area contributed by atoms with Crippen molar-refractivity contribution >= 4 is 29.8 Å². The minimum atomic E-state index is -3.92. The van der Waals surface area contributed by atoms with Gasteiger partial charge in [-0.2, -0.15) is 5.26 Å². The maximum Gasteiger partial charge on any atom is 0.315 e. The predicted molar refractivity (Wildman–Crippen MR) is 114 cm³/mol. The second-order valence-corrected chi connectivity index (χ2v) is 14.2. The summed E-state index contributed by atoms with van der Waals surface area (Å²) in [7, 11) is -6.44. The first-order valence-electron chi connectivity index (χ1n) is 9.45. The number of nitriles is 1. The van der Waals surface area contributed by atoms with Crippen LogP contribution in [0.1, 0.15) is 13.8 Å². The van der Waals surface area contributed by atoms with Crippen LogP contribution in [0.2, 0.25) is 19.6 Å². The highest BCUT2D eigenvalue weighted by atomic mass is 32.2. The van der Waals surface area contributed by atoms with E-state index in [0.29, 0.717) is 0 Å². The molecule has 1 rings (SSSR count). The summed E-state index contributed by atoms with van der Waals surface area (Å²) < 4.78 is 36.2. The zero-order chi connectivity index (χ0) is 22.9. The molecule has 0 aliphatic heterocycles. The zero-order valence-electron chi connectivity index (χ0n) is 17.8. The summed E-state index contributed by atoms with van der Waals surface area (Å²) in [6.45, 7) is 8.80. The Kier molecular flexibility index (Phi) is 9.72. The van der Waals surface area contributed by atoms with Gasteiger partial charge >= 0.3 is 11.9 Å². The van der Waals surface area contributed by atoms with Crippen molar-refractivity contribution in [2.24, 2.45) is 5.92 Å². The van der Waals surface area contributed by atoms with Crippen molar-refractivity contribution < 1.29 is 27.5 Å². The fraction of sp³-hybridized carbons (Fsp3) is 0.381. The van der Waals surface area contributed by atoms with E-state index in [9.17, 15) is 23.3 Å². The Labute approximate surface area is 180 Å². The zero-order valence-corrected chi connectivity index (χ0v) is 19.7. The van der Waals surface area contributed by atoms with Gasteiger partial charge in [0.25, 0.3) is 0 Å². The number of rotatable bonds is 11. The molecule has 1 aromatic carbocycles. The molecule has 7 nitrogen and oxygen atoms in total. The number of sulfone groups is 1. The van der Waals surface area contributed by atoms with Crippen LogP contribution < -0.4 is 0 Å². The summed E-state index contributed by atoms with van der Waals surface area (Å²) in [5.41, 5.74) is 0.249. The molecule has 0 heterocycles. The molecule has 0 spiro atoms. The van der Waals surface area contributed by atoms with Gasteiger partial charge in [0, 0.05) is 5.54 Å². The molecule has 0 amide bonds. The number of ether oxygens (including phenoxy) is 2. The molecule has 0 aliphatic rings. The summed E-state index contributed by atoms with van der Waals surface area (Å²) in [6.07, 6.45) is 0.919. The van der Waals surface area contributed by atoms with Gasteiger partial charge in [-0.05, 0) is 26.0 Å². The van der Waals surface area contributed by atoms with Crippen molar-refractivity contribution in [3.8, 4) is 6.07 Å². The Morgan fingerprint density at radius 2 is 1.67 bits per heavy atom. The molecule has 30 heavy (non-hydrogen) atoms. The molecule has 0 saturated carbocycles. The first-order chi connectivity index (χ1) is 14.0. The Morgan fingerprint density at radius 1 is 1.10 bits per heavy atom. The van der Waals surface area contributed by atoms with Crippen molar-refractivity contribution in [1.29, 1.82) is 5.26 Å². The van der Waals surface area contributed by atoms with Crippen molar-refractivity contribution in [2.75, 3.05) is 13.2 Å². The number of carbonyl (C=O) groups excluding carboxylic acids is 2. The highest BCUT2D eigenvalue weighted by Crippen LogP contribution is 2.40. The van der Waals surface area contributed by atoms with Crippen LogP contribution in [0.4, 0.5) is 0 Å². The van der Waals surface area contributed by atoms with Crippen LogP contribution in [0.25, 0.3) is 0 Å². The van der Waals surface area contributed by atoms with E-state index in [2.05, 4.69) is 0 Å². The van der Waals surface area contributed by atoms with Crippen molar-refractivity contribution in [3.05, 3.63) is 54.0 Å². The molecule has 162 valence electrons. The monoisotopic (exact) mass is 449 g/mol. The molecule has 0 fully saturated rings. The van der Waals surface area contributed by atoms with Gasteiger partial charge in [-0.15, -0.1) is 0 Å². The van der Waals surface area contributed by atoms with Crippen molar-refractivity contribution in [2.45, 2.75) is 38.4 Å². The fourth-order valence-electron chi connectivity index (χ4n) is 2.71. The van der Waals surface area contributed by atoms with Crippen LogP contribution in [-0.4, -0.2) is 41.6 Å². The smallest absolute Gasteiger partial charge is 0.315 e. The predicted octanol–water partition coefficient (Wildman–Crippen LogP) is 3.12. The maximum absolute atomic E-state index is 13.0. The molecule has 0 aliphatic carbocycles. The summed E-state index contributed by atoms with van der Waals surface area (Å²) in [6, 6.07) is 9.53. The van der Waals surface area contributed by atoms with Gasteiger partial charge in [-0.25, -0.2) is 8.42 Å². The van der Waals surface area contributed by atoms with Crippen LogP contribution in [-0.2, 0) is 28.9 Å². The summed E-state index contributed by atoms with van der Waals surface area (Å²) >= 11 is 0. The number of hydrogen-bond acceptors (Lipinski definition) is 7. The fourth-order valence-corrected chi connectivity index (χ4v) is 6.88. The van der Waals surface area contributed by atoms with Crippen LogP contribution in [0.5, 0.6) is 0 Å². The van der Waals surface area contributed by atoms with Gasteiger partial charge in [0.15, 0.2) is 9.84 Å². The van der Waals surface area contributed by atoms with E-state index in [-0.39, 0.29) is 29.6 Å². The molecule has 1 unspecified atom stereocenters. The molecule has 0 bridgehead atoms. The molecular weight excluding hydrogens is 422 g/mol. The molecule has 0 N–H and O–H groups in total. The third-order valence-corrected chi connectivity index (χ3v) is 7.96. The minimum Gasteiger partial charge on any atom is -0.466 e. The van der Waals surface area contributed by atoms with E-state index in [0.717, 1.165) is 12.2 Å². The molecule has 1 atom stereocenters. The second kappa shape index (κ2) is 11.3. The number of carbonyl (C=O) groups is 2. The summed E-state index contributed by atoms with van der Waals surface area (Å²) in [5.74, 6) is -2.22. The molecule has 0 saturated heterocycles. The molecule has 1 aromatic rings. The highest BCUT2D eigenvalue weighted by molar-refractivity contribution is 7.93. The minimum absolute atomic E-state index is 0.0302. The van der Waals surface area contributed by atoms with Gasteiger partial charge in [0.05, 0.1) is 50.3 Å². The van der Waals surface area contributed by atoms with E-state index in [1.165, 1.54) is 12.1 Å². The third kappa shape index (κ3) is 6.95. The van der Waals surface area contributed by atoms with E-state index in [1.54, 1.807) is 38.1 Å². The average molecular weight is 450 g/mol. The lowest BCUT2D eigenvalue weighted by molar-refractivity contribution is -0.151. The number of benzene rings is 1. The Balaban J connectivity index is 3.53. The number of hydrogen-bond donors (Lipinski definition) is 0. The first-order valence-corrected chi connectivity index (χ1v) is 14.5. The van der Waals surface area contributed by atoms with Crippen molar-refractivity contribution in [3.63, 3.8) is 0 Å². The largest absolute Gasteiger partial charge is 0.466 e. The standard InChI is InChI=1S/C21H27NO6SSi/c1-6-27-20(23)17(13-14-22)19(21(24)28-7-2)18(30(3,4)5)15-29(25,26)16-11-9-8-10-12-16/h8-13,15,19H,6-7H2,1-5H3. The van der Waals surface area contributed by atoms with Crippen LogP contribution in [0.3, 0.4) is 0 Å². The Morgan fingerprint density at radius 3 is 2.13 bits per heavy atom. The average Bonchev–Trinajstić information content (AvgIpc) is 2.67. The third-order valence-electron chi connectivity index (χ3n) is 4.10. The maximum atomic E-state index is 13.0. The van der Waals surface area contributed by atoms with E-state index in [1.807, 2.05) is 19.6 Å². The van der Waals surface area contributed by atoms with Gasteiger partial charge < -0.3 is 9.47 Å². The molecule has 9 heteroatoms. The van der Waals surface area contributed by atoms with Crippen LogP contribution >= 0.6 is 0 Å². The molecular formula is C21H27NO6SSi. The SMILES string of the molecule is CCOC(=O)[C]([CH]C#N)C([C]([CH]S(=O)(=O)c1ccccc1)[Si](C)(C)C)C(=O)OCC. The van der Waals surface area contributed by atoms with E-state index >= 15 is 0 Å². The second-order valence-electron chi connectivity index (χ2n) is 7.32. The molecule has 4 radical (unpaired) electrons.